The number of carbonyl (C=O) groups excluding carboxylic acids is 1. The van der Waals surface area contributed by atoms with Crippen LogP contribution in [0.2, 0.25) is 0 Å². The quantitative estimate of drug-likeness (QED) is 0.639. The van der Waals surface area contributed by atoms with Crippen LogP contribution < -0.4 is 0 Å². The molecule has 0 bridgehead atoms. The first-order valence-corrected chi connectivity index (χ1v) is 5.82. The first-order valence-electron chi connectivity index (χ1n) is 5.82. The van der Waals surface area contributed by atoms with Gasteiger partial charge in [-0.25, -0.2) is 0 Å². The smallest absolute Gasteiger partial charge is 0.325 e. The summed E-state index contributed by atoms with van der Waals surface area (Å²) in [6.45, 7) is 3.54. The van der Waals surface area contributed by atoms with Gasteiger partial charge in [-0.05, 0) is 12.8 Å². The lowest BCUT2D eigenvalue weighted by molar-refractivity contribution is -0.154. The van der Waals surface area contributed by atoms with Crippen LogP contribution >= 0.6 is 0 Å². The number of methoxy groups -OCH3 is 1. The van der Waals surface area contributed by atoms with Gasteiger partial charge in [0.2, 0.25) is 0 Å². The number of esters is 1. The predicted octanol–water partition coefficient (Wildman–Crippen LogP) is 0.0392. The second-order valence-electron chi connectivity index (χ2n) is 4.24. The minimum atomic E-state index is -0.261. The van der Waals surface area contributed by atoms with Crippen LogP contribution in [0.4, 0.5) is 0 Å². The Labute approximate surface area is 95.6 Å². The molecule has 0 aromatic heterocycles. The molecule has 0 amide bonds. The third kappa shape index (κ3) is 2.72. The summed E-state index contributed by atoms with van der Waals surface area (Å²) in [5.41, 5.74) is 0. The summed E-state index contributed by atoms with van der Waals surface area (Å²) < 4.78 is 15.7. The average molecular weight is 229 g/mol. The molecule has 2 aliphatic heterocycles. The molecule has 2 rings (SSSR count). The molecule has 5 nitrogen and oxygen atoms in total. The highest BCUT2D eigenvalue weighted by atomic mass is 16.5. The fourth-order valence-electron chi connectivity index (χ4n) is 2.26. The minimum absolute atomic E-state index is 0.210. The van der Waals surface area contributed by atoms with E-state index in [1.165, 1.54) is 7.11 Å². The number of ether oxygens (including phenoxy) is 3. The number of carbonyl (C=O) groups is 1. The molecule has 0 radical (unpaired) electrons. The lowest BCUT2D eigenvalue weighted by atomic mass is 10.1. The summed E-state index contributed by atoms with van der Waals surface area (Å²) in [6.07, 6.45) is 2.48. The average Bonchev–Trinajstić information content (AvgIpc) is 2.82. The second kappa shape index (κ2) is 5.61. The number of hydrogen-bond acceptors (Lipinski definition) is 5. The minimum Gasteiger partial charge on any atom is -0.468 e. The van der Waals surface area contributed by atoms with Crippen LogP contribution in [0.15, 0.2) is 0 Å². The molecule has 0 aromatic carbocycles. The van der Waals surface area contributed by atoms with Crippen molar-refractivity contribution in [2.45, 2.75) is 25.0 Å². The van der Waals surface area contributed by atoms with E-state index in [4.69, 9.17) is 14.2 Å². The van der Waals surface area contributed by atoms with Gasteiger partial charge >= 0.3 is 5.97 Å². The van der Waals surface area contributed by atoms with Gasteiger partial charge in [0.05, 0.1) is 26.4 Å². The molecule has 92 valence electrons. The van der Waals surface area contributed by atoms with Gasteiger partial charge in [-0.3, -0.25) is 9.69 Å². The third-order valence-corrected chi connectivity index (χ3v) is 3.17. The monoisotopic (exact) mass is 229 g/mol. The lowest BCUT2D eigenvalue weighted by Crippen LogP contribution is -2.52. The summed E-state index contributed by atoms with van der Waals surface area (Å²) >= 11 is 0. The van der Waals surface area contributed by atoms with E-state index < -0.39 is 0 Å². The van der Waals surface area contributed by atoms with Crippen molar-refractivity contribution in [1.82, 2.24) is 4.90 Å². The topological polar surface area (TPSA) is 48.0 Å². The summed E-state index contributed by atoms with van der Waals surface area (Å²) in [7, 11) is 1.42. The molecule has 2 heterocycles. The molecule has 5 heteroatoms. The molecule has 2 atom stereocenters. The van der Waals surface area contributed by atoms with Crippen molar-refractivity contribution in [3.63, 3.8) is 0 Å². The molecule has 2 fully saturated rings. The molecule has 0 aromatic rings. The lowest BCUT2D eigenvalue weighted by Gasteiger charge is -2.34. The SMILES string of the molecule is COC(=O)C1COCCN1CC1CCCO1. The standard InChI is InChI=1S/C11H19NO4/c1-14-11(13)10-8-15-6-4-12(10)7-9-3-2-5-16-9/h9-10H,2-8H2,1H3. The van der Waals surface area contributed by atoms with Crippen molar-refractivity contribution in [1.29, 1.82) is 0 Å². The van der Waals surface area contributed by atoms with Crippen molar-refractivity contribution in [2.24, 2.45) is 0 Å². The van der Waals surface area contributed by atoms with E-state index in [1.807, 2.05) is 0 Å². The molecular weight excluding hydrogens is 210 g/mol. The van der Waals surface area contributed by atoms with Crippen molar-refractivity contribution < 1.29 is 19.0 Å². The van der Waals surface area contributed by atoms with Gasteiger partial charge in [0.15, 0.2) is 0 Å². The van der Waals surface area contributed by atoms with E-state index in [9.17, 15) is 4.79 Å². The van der Waals surface area contributed by atoms with Gasteiger partial charge in [0.25, 0.3) is 0 Å². The summed E-state index contributed by atoms with van der Waals surface area (Å²) in [5, 5.41) is 0. The molecule has 0 N–H and O–H groups in total. The van der Waals surface area contributed by atoms with Crippen molar-refractivity contribution in [2.75, 3.05) is 40.0 Å². The van der Waals surface area contributed by atoms with Crippen LogP contribution in [0.25, 0.3) is 0 Å². The fraction of sp³-hybridized carbons (Fsp3) is 0.909. The zero-order chi connectivity index (χ0) is 11.4. The fourth-order valence-corrected chi connectivity index (χ4v) is 2.26. The van der Waals surface area contributed by atoms with Gasteiger partial charge in [-0.15, -0.1) is 0 Å². The number of nitrogens with zero attached hydrogens (tertiary/aromatic N) is 1. The highest BCUT2D eigenvalue weighted by Gasteiger charge is 2.32. The molecular formula is C11H19NO4. The Balaban J connectivity index is 1.90. The van der Waals surface area contributed by atoms with Crippen LogP contribution in [0.3, 0.4) is 0 Å². The van der Waals surface area contributed by atoms with Crippen molar-refractivity contribution in [3.05, 3.63) is 0 Å². The molecule has 2 saturated heterocycles. The Morgan fingerprint density at radius 3 is 3.06 bits per heavy atom. The third-order valence-electron chi connectivity index (χ3n) is 3.17. The maximum absolute atomic E-state index is 11.6. The van der Waals surface area contributed by atoms with E-state index in [2.05, 4.69) is 4.90 Å². The summed E-state index contributed by atoms with van der Waals surface area (Å²) in [4.78, 5) is 13.7. The highest BCUT2D eigenvalue weighted by Crippen LogP contribution is 2.16. The molecule has 2 aliphatic rings. The second-order valence-corrected chi connectivity index (χ2v) is 4.24. The maximum atomic E-state index is 11.6. The van der Waals surface area contributed by atoms with Gasteiger partial charge in [-0.1, -0.05) is 0 Å². The molecule has 0 aliphatic carbocycles. The largest absolute Gasteiger partial charge is 0.468 e. The first-order chi connectivity index (χ1) is 7.81. The maximum Gasteiger partial charge on any atom is 0.325 e. The van der Waals surface area contributed by atoms with Crippen LogP contribution in [0.1, 0.15) is 12.8 Å². The Morgan fingerprint density at radius 1 is 1.50 bits per heavy atom. The van der Waals surface area contributed by atoms with E-state index in [-0.39, 0.29) is 18.1 Å². The highest BCUT2D eigenvalue weighted by molar-refractivity contribution is 5.75. The van der Waals surface area contributed by atoms with Crippen molar-refractivity contribution >= 4 is 5.97 Å². The van der Waals surface area contributed by atoms with Crippen LogP contribution in [0, 0.1) is 0 Å². The molecule has 16 heavy (non-hydrogen) atoms. The van der Waals surface area contributed by atoms with E-state index in [0.29, 0.717) is 13.2 Å². The number of morpholine rings is 1. The van der Waals surface area contributed by atoms with E-state index in [0.717, 1.165) is 32.5 Å². The zero-order valence-corrected chi connectivity index (χ0v) is 9.68. The van der Waals surface area contributed by atoms with Crippen molar-refractivity contribution in [3.8, 4) is 0 Å². The molecule has 0 saturated carbocycles. The first kappa shape index (κ1) is 11.8. The number of rotatable bonds is 3. The Bertz CT molecular complexity index is 240. The predicted molar refractivity (Wildman–Crippen MR) is 57.2 cm³/mol. The van der Waals surface area contributed by atoms with Crippen LogP contribution in [-0.2, 0) is 19.0 Å². The van der Waals surface area contributed by atoms with E-state index >= 15 is 0 Å². The Morgan fingerprint density at radius 2 is 2.38 bits per heavy atom. The zero-order valence-electron chi connectivity index (χ0n) is 9.68. The van der Waals surface area contributed by atoms with Gasteiger partial charge < -0.3 is 14.2 Å². The van der Waals surface area contributed by atoms with Crippen LogP contribution in [0.5, 0.6) is 0 Å². The van der Waals surface area contributed by atoms with Crippen LogP contribution in [-0.4, -0.2) is 63.0 Å². The summed E-state index contributed by atoms with van der Waals surface area (Å²) in [6, 6.07) is -0.261. The Hall–Kier alpha value is -0.650. The molecule has 0 spiro atoms. The Kier molecular flexibility index (Phi) is 4.15. The van der Waals surface area contributed by atoms with Gasteiger partial charge in [0, 0.05) is 19.7 Å². The van der Waals surface area contributed by atoms with Gasteiger partial charge in [-0.2, -0.15) is 0 Å². The summed E-state index contributed by atoms with van der Waals surface area (Å²) in [5.74, 6) is -0.210. The molecule has 2 unspecified atom stereocenters. The number of hydrogen-bond donors (Lipinski definition) is 0. The van der Waals surface area contributed by atoms with Gasteiger partial charge in [0.1, 0.15) is 6.04 Å². The van der Waals surface area contributed by atoms with E-state index in [1.54, 1.807) is 0 Å². The normalized spacial score (nSPS) is 31.6.